The summed E-state index contributed by atoms with van der Waals surface area (Å²) in [6.07, 6.45) is 7.21. The Morgan fingerprint density at radius 1 is 1.22 bits per heavy atom. The molecule has 0 radical (unpaired) electrons. The van der Waals surface area contributed by atoms with Crippen molar-refractivity contribution in [1.29, 1.82) is 0 Å². The predicted molar refractivity (Wildman–Crippen MR) is 82.6 cm³/mol. The average molecular weight is 311 g/mol. The van der Waals surface area contributed by atoms with Gasteiger partial charge >= 0.3 is 0 Å². The van der Waals surface area contributed by atoms with E-state index in [9.17, 15) is 14.7 Å². The summed E-state index contributed by atoms with van der Waals surface area (Å²) in [5.74, 6) is -3.13. The molecule has 120 valence electrons. The maximum Gasteiger partial charge on any atom is 0.225 e. The highest BCUT2D eigenvalue weighted by atomic mass is 16.4. The lowest BCUT2D eigenvalue weighted by atomic mass is 9.82. The van der Waals surface area contributed by atoms with Gasteiger partial charge in [-0.3, -0.25) is 9.78 Å². The number of pyridine rings is 1. The van der Waals surface area contributed by atoms with E-state index >= 15 is 0 Å². The molecule has 1 N–H and O–H groups in total. The fourth-order valence-electron chi connectivity index (χ4n) is 3.84. The van der Waals surface area contributed by atoms with Gasteiger partial charge in [0, 0.05) is 42.7 Å². The van der Waals surface area contributed by atoms with Gasteiger partial charge in [0.15, 0.2) is 0 Å². The van der Waals surface area contributed by atoms with Gasteiger partial charge in [0.05, 0.1) is 5.92 Å². The molecule has 1 aromatic heterocycles. The van der Waals surface area contributed by atoms with Gasteiger partial charge in [-0.05, 0) is 25.5 Å². The third-order valence-electron chi connectivity index (χ3n) is 4.75. The van der Waals surface area contributed by atoms with Crippen LogP contribution in [0.2, 0.25) is 0 Å². The van der Waals surface area contributed by atoms with Crippen molar-refractivity contribution in [3.8, 4) is 0 Å². The van der Waals surface area contributed by atoms with Crippen LogP contribution in [-0.2, 0) is 16.1 Å². The third-order valence-corrected chi connectivity index (χ3v) is 4.75. The summed E-state index contributed by atoms with van der Waals surface area (Å²) in [7, 11) is 0. The van der Waals surface area contributed by atoms with Crippen molar-refractivity contribution >= 4 is 11.9 Å². The Labute approximate surface area is 135 Å². The second kappa shape index (κ2) is 5.99. The molecule has 5 heteroatoms. The van der Waals surface area contributed by atoms with Crippen molar-refractivity contribution < 1.29 is 14.7 Å². The highest BCUT2D eigenvalue weighted by Crippen LogP contribution is 2.52. The Morgan fingerprint density at radius 3 is 2.48 bits per heavy atom. The second-order valence-electron chi connectivity index (χ2n) is 6.34. The van der Waals surface area contributed by atoms with Gasteiger partial charge in [-0.2, -0.15) is 0 Å². The second-order valence-corrected chi connectivity index (χ2v) is 6.34. The number of carboxylic acid groups (broad SMARTS) is 1. The summed E-state index contributed by atoms with van der Waals surface area (Å²) in [6, 6.07) is 3.67. The van der Waals surface area contributed by atoms with Gasteiger partial charge in [0.25, 0.3) is 0 Å². The lowest BCUT2D eigenvalue weighted by Gasteiger charge is -2.27. The molecule has 1 amide bonds. The number of nitrogens with zero attached hydrogens (tertiary/aromatic N) is 1. The van der Waals surface area contributed by atoms with E-state index in [-0.39, 0.29) is 17.7 Å². The van der Waals surface area contributed by atoms with E-state index in [1.54, 1.807) is 18.5 Å². The summed E-state index contributed by atoms with van der Waals surface area (Å²) in [4.78, 5) is 28.2. The van der Waals surface area contributed by atoms with Gasteiger partial charge < -0.3 is 15.2 Å². The number of carbonyl (C=O) groups is 2. The topological polar surface area (TPSA) is 82.1 Å². The first kappa shape index (κ1) is 15.5. The van der Waals surface area contributed by atoms with E-state index in [4.69, 9.17) is 0 Å². The lowest BCUT2D eigenvalue weighted by Crippen LogP contribution is -2.44. The maximum atomic E-state index is 12.6. The molecule has 4 atom stereocenters. The number of nitrogens with one attached hydrogen (secondary N) is 1. The minimum Gasteiger partial charge on any atom is -0.550 e. The molecular formula is C18H19N2O3-. The first-order chi connectivity index (χ1) is 11.0. The monoisotopic (exact) mass is 311 g/mol. The van der Waals surface area contributed by atoms with Crippen molar-refractivity contribution in [2.75, 3.05) is 0 Å². The molecule has 1 aromatic rings. The normalized spacial score (nSPS) is 28.0. The molecule has 0 aromatic carbocycles. The zero-order valence-corrected chi connectivity index (χ0v) is 13.2. The fourth-order valence-corrected chi connectivity index (χ4v) is 3.84. The van der Waals surface area contributed by atoms with Gasteiger partial charge in [-0.15, -0.1) is 0 Å². The minimum atomic E-state index is -1.15. The van der Waals surface area contributed by atoms with Crippen LogP contribution in [0.15, 0.2) is 47.8 Å². The number of aliphatic carboxylic acids is 1. The average Bonchev–Trinajstić information content (AvgIpc) is 3.09. The van der Waals surface area contributed by atoms with E-state index in [1.807, 2.05) is 32.1 Å². The highest BCUT2D eigenvalue weighted by molar-refractivity contribution is 5.87. The van der Waals surface area contributed by atoms with Crippen molar-refractivity contribution in [1.82, 2.24) is 10.3 Å². The van der Waals surface area contributed by atoms with E-state index in [0.29, 0.717) is 6.54 Å². The van der Waals surface area contributed by atoms with Crippen LogP contribution in [0.4, 0.5) is 0 Å². The summed E-state index contributed by atoms with van der Waals surface area (Å²) in [5.41, 5.74) is 3.02. The Bertz CT molecular complexity index is 689. The third kappa shape index (κ3) is 2.67. The Kier molecular flexibility index (Phi) is 4.03. The summed E-state index contributed by atoms with van der Waals surface area (Å²) in [5, 5.41) is 14.4. The highest BCUT2D eigenvalue weighted by Gasteiger charge is 2.52. The number of allylic oxidation sites excluding steroid dienone is 4. The lowest BCUT2D eigenvalue weighted by molar-refractivity contribution is -0.313. The van der Waals surface area contributed by atoms with Gasteiger partial charge in [0.2, 0.25) is 5.91 Å². The smallest absolute Gasteiger partial charge is 0.225 e. The molecule has 1 saturated carbocycles. The molecule has 0 spiro atoms. The quantitative estimate of drug-likeness (QED) is 0.835. The standard InChI is InChI=1S/C18H20N2O3/c1-10(2)14-12-5-6-13(14)16(18(22)23)15(12)17(21)20-9-11-4-3-7-19-8-11/h3-8,12-13,15-16H,9H2,1-2H3,(H,20,21)(H,22,23)/p-1/t12-,13-,15-,16+/m1/s1. The molecule has 1 fully saturated rings. The number of fused-ring (bicyclic) bond motifs is 2. The number of hydrogen-bond acceptors (Lipinski definition) is 4. The number of carboxylic acids is 1. The molecule has 2 aliphatic rings. The molecule has 0 unspecified atom stereocenters. The Hall–Kier alpha value is -2.43. The number of amides is 1. The van der Waals surface area contributed by atoms with Crippen LogP contribution >= 0.6 is 0 Å². The van der Waals surface area contributed by atoms with Crippen LogP contribution in [0.3, 0.4) is 0 Å². The van der Waals surface area contributed by atoms with Crippen LogP contribution < -0.4 is 10.4 Å². The largest absolute Gasteiger partial charge is 0.550 e. The van der Waals surface area contributed by atoms with Crippen molar-refractivity contribution in [2.45, 2.75) is 20.4 Å². The van der Waals surface area contributed by atoms with E-state index < -0.39 is 17.8 Å². The molecule has 5 nitrogen and oxygen atoms in total. The predicted octanol–water partition coefficient (Wildman–Crippen LogP) is 0.832. The number of aromatic nitrogens is 1. The Morgan fingerprint density at radius 2 is 1.91 bits per heavy atom. The molecule has 0 saturated heterocycles. The van der Waals surface area contributed by atoms with Crippen LogP contribution in [0.25, 0.3) is 0 Å². The molecule has 1 heterocycles. The minimum absolute atomic E-state index is 0.137. The van der Waals surface area contributed by atoms with Gasteiger partial charge in [-0.1, -0.05) is 29.4 Å². The molecule has 3 rings (SSSR count). The Balaban J connectivity index is 1.80. The van der Waals surface area contributed by atoms with Gasteiger partial charge in [0.1, 0.15) is 0 Å². The van der Waals surface area contributed by atoms with E-state index in [1.165, 1.54) is 0 Å². The molecular weight excluding hydrogens is 292 g/mol. The van der Waals surface area contributed by atoms with Gasteiger partial charge in [-0.25, -0.2) is 0 Å². The molecule has 0 aliphatic heterocycles. The molecule has 23 heavy (non-hydrogen) atoms. The van der Waals surface area contributed by atoms with Crippen molar-refractivity contribution in [3.63, 3.8) is 0 Å². The van der Waals surface area contributed by atoms with Crippen molar-refractivity contribution in [3.05, 3.63) is 53.4 Å². The zero-order valence-electron chi connectivity index (χ0n) is 13.2. The maximum absolute atomic E-state index is 12.6. The number of carbonyl (C=O) groups excluding carboxylic acids is 2. The first-order valence-electron chi connectivity index (χ1n) is 7.73. The zero-order chi connectivity index (χ0) is 16.6. The molecule has 2 aliphatic carbocycles. The number of rotatable bonds is 4. The summed E-state index contributed by atoms with van der Waals surface area (Å²) < 4.78 is 0. The first-order valence-corrected chi connectivity index (χ1v) is 7.73. The van der Waals surface area contributed by atoms with E-state index in [2.05, 4.69) is 10.3 Å². The van der Waals surface area contributed by atoms with Crippen LogP contribution in [0.5, 0.6) is 0 Å². The van der Waals surface area contributed by atoms with E-state index in [0.717, 1.165) is 16.7 Å². The summed E-state index contributed by atoms with van der Waals surface area (Å²) in [6.45, 7) is 4.27. The molecule has 2 bridgehead atoms. The van der Waals surface area contributed by atoms with Crippen molar-refractivity contribution in [2.24, 2.45) is 23.7 Å². The van der Waals surface area contributed by atoms with Crippen LogP contribution in [0.1, 0.15) is 19.4 Å². The number of hydrogen-bond donors (Lipinski definition) is 1. The van der Waals surface area contributed by atoms with Crippen LogP contribution in [-0.4, -0.2) is 16.9 Å². The fraction of sp³-hybridized carbons (Fsp3) is 0.389. The van der Waals surface area contributed by atoms with Crippen LogP contribution in [0, 0.1) is 23.7 Å². The SMILES string of the molecule is CC(C)=C1[C@H]2C=C[C@H]1[C@@H](C(=O)NCc1cccnc1)[C@H]2C(=O)[O-]. The summed E-state index contributed by atoms with van der Waals surface area (Å²) >= 11 is 0.